The van der Waals surface area contributed by atoms with E-state index in [2.05, 4.69) is 30.4 Å². The summed E-state index contributed by atoms with van der Waals surface area (Å²) in [6, 6.07) is 10.6. The molecule has 1 aromatic carbocycles. The number of nitrogens with one attached hydrogen (secondary N) is 2. The number of hydrogen-bond acceptors (Lipinski definition) is 6. The molecule has 3 aromatic rings. The van der Waals surface area contributed by atoms with Gasteiger partial charge in [0.1, 0.15) is 5.82 Å². The highest BCUT2D eigenvalue weighted by Gasteiger charge is 2.14. The second kappa shape index (κ2) is 8.30. The van der Waals surface area contributed by atoms with Crippen LogP contribution < -0.4 is 10.2 Å². The maximum Gasteiger partial charge on any atom is 0.242 e. The van der Waals surface area contributed by atoms with Crippen molar-refractivity contribution in [3.05, 3.63) is 48.2 Å². The summed E-state index contributed by atoms with van der Waals surface area (Å²) in [4.78, 5) is 10.9. The molecule has 0 aliphatic carbocycles. The number of ether oxygens (including phenoxy) is 1. The van der Waals surface area contributed by atoms with Crippen LogP contribution in [0.3, 0.4) is 0 Å². The minimum atomic E-state index is -2.34. The van der Waals surface area contributed by atoms with Crippen LogP contribution in [0, 0.1) is 0 Å². The lowest BCUT2D eigenvalue weighted by atomic mass is 10.1. The Labute approximate surface area is 160 Å². The summed E-state index contributed by atoms with van der Waals surface area (Å²) < 4.78 is 30.3. The third-order valence-electron chi connectivity index (χ3n) is 4.43. The maximum atomic E-state index is 12.5. The highest BCUT2D eigenvalue weighted by molar-refractivity contribution is 5.65. The van der Waals surface area contributed by atoms with E-state index in [0.717, 1.165) is 24.3 Å². The van der Waals surface area contributed by atoms with E-state index in [9.17, 15) is 8.78 Å². The minimum absolute atomic E-state index is 0.241. The van der Waals surface area contributed by atoms with Crippen molar-refractivity contribution in [2.45, 2.75) is 12.8 Å². The van der Waals surface area contributed by atoms with Crippen molar-refractivity contribution in [1.82, 2.24) is 20.2 Å². The Morgan fingerprint density at radius 1 is 1.11 bits per heavy atom. The molecule has 2 N–H and O–H groups in total. The Morgan fingerprint density at radius 2 is 1.89 bits per heavy atom. The molecular weight excluding hydrogens is 366 g/mol. The molecule has 7 nitrogen and oxygen atoms in total. The van der Waals surface area contributed by atoms with Gasteiger partial charge in [-0.3, -0.25) is 5.10 Å². The van der Waals surface area contributed by atoms with Gasteiger partial charge in [0.25, 0.3) is 0 Å². The van der Waals surface area contributed by atoms with E-state index >= 15 is 0 Å². The molecule has 0 bridgehead atoms. The van der Waals surface area contributed by atoms with Crippen LogP contribution in [0.2, 0.25) is 0 Å². The lowest BCUT2D eigenvalue weighted by Gasteiger charge is -2.26. The van der Waals surface area contributed by atoms with Gasteiger partial charge in [0, 0.05) is 31.8 Å². The maximum absolute atomic E-state index is 12.5. The molecule has 0 amide bonds. The zero-order valence-electron chi connectivity index (χ0n) is 15.1. The average Bonchev–Trinajstić information content (AvgIpc) is 3.17. The summed E-state index contributed by atoms with van der Waals surface area (Å²) in [5.41, 5.74) is 2.26. The van der Waals surface area contributed by atoms with Gasteiger partial charge in [-0.25, -0.2) is 13.8 Å². The molecular formula is C19H20F2N6O. The molecule has 28 heavy (non-hydrogen) atoms. The Kier molecular flexibility index (Phi) is 5.43. The van der Waals surface area contributed by atoms with Crippen LogP contribution in [-0.4, -0.2) is 52.9 Å². The van der Waals surface area contributed by atoms with Crippen molar-refractivity contribution in [2.24, 2.45) is 0 Å². The fourth-order valence-electron chi connectivity index (χ4n) is 3.00. The first-order valence-electron chi connectivity index (χ1n) is 9.03. The van der Waals surface area contributed by atoms with Crippen LogP contribution in [0.25, 0.3) is 11.3 Å². The minimum Gasteiger partial charge on any atom is -0.378 e. The molecule has 0 spiro atoms. The lowest BCUT2D eigenvalue weighted by molar-refractivity contribution is 0.122. The van der Waals surface area contributed by atoms with E-state index in [-0.39, 0.29) is 6.42 Å². The molecule has 0 radical (unpaired) electrons. The summed E-state index contributed by atoms with van der Waals surface area (Å²) in [5.74, 6) is 1.90. The molecule has 0 atom stereocenters. The van der Waals surface area contributed by atoms with Gasteiger partial charge in [-0.15, -0.1) is 0 Å². The van der Waals surface area contributed by atoms with Crippen molar-refractivity contribution in [2.75, 3.05) is 36.5 Å². The van der Waals surface area contributed by atoms with E-state index in [1.807, 2.05) is 6.07 Å². The predicted octanol–water partition coefficient (Wildman–Crippen LogP) is 3.25. The van der Waals surface area contributed by atoms with Crippen molar-refractivity contribution < 1.29 is 13.5 Å². The van der Waals surface area contributed by atoms with Gasteiger partial charge < -0.3 is 15.0 Å². The van der Waals surface area contributed by atoms with E-state index < -0.39 is 6.43 Å². The number of halogens is 2. The normalized spacial score (nSPS) is 14.5. The second-order valence-corrected chi connectivity index (χ2v) is 6.43. The molecule has 2 aromatic heterocycles. The first-order chi connectivity index (χ1) is 13.7. The zero-order valence-corrected chi connectivity index (χ0v) is 15.1. The molecule has 3 heterocycles. The number of hydrogen-bond donors (Lipinski definition) is 2. The van der Waals surface area contributed by atoms with Crippen LogP contribution in [-0.2, 0) is 11.2 Å². The summed E-state index contributed by atoms with van der Waals surface area (Å²) in [5, 5.41) is 10.4. The topological polar surface area (TPSA) is 79.0 Å². The quantitative estimate of drug-likeness (QED) is 0.677. The second-order valence-electron chi connectivity index (χ2n) is 6.43. The zero-order chi connectivity index (χ0) is 19.3. The predicted molar refractivity (Wildman–Crippen MR) is 102 cm³/mol. The first-order valence-corrected chi connectivity index (χ1v) is 9.03. The number of nitrogens with zero attached hydrogens (tertiary/aromatic N) is 4. The van der Waals surface area contributed by atoms with Gasteiger partial charge in [0.2, 0.25) is 12.4 Å². The Hall–Kier alpha value is -3.07. The molecule has 1 saturated heterocycles. The molecule has 1 aliphatic rings. The highest BCUT2D eigenvalue weighted by Crippen LogP contribution is 2.23. The number of benzene rings is 1. The fourth-order valence-corrected chi connectivity index (χ4v) is 3.00. The Morgan fingerprint density at radius 3 is 2.64 bits per heavy atom. The summed E-state index contributed by atoms with van der Waals surface area (Å²) >= 11 is 0. The van der Waals surface area contributed by atoms with Gasteiger partial charge in [-0.05, 0) is 17.2 Å². The summed E-state index contributed by atoms with van der Waals surface area (Å²) in [6.07, 6.45) is -0.881. The molecule has 0 unspecified atom stereocenters. The molecule has 0 saturated carbocycles. The van der Waals surface area contributed by atoms with Gasteiger partial charge in [-0.1, -0.05) is 24.3 Å². The van der Waals surface area contributed by atoms with E-state index in [4.69, 9.17) is 4.74 Å². The first kappa shape index (κ1) is 18.3. The lowest BCUT2D eigenvalue weighted by Crippen LogP contribution is -2.37. The third-order valence-corrected chi connectivity index (χ3v) is 4.43. The molecule has 9 heteroatoms. The van der Waals surface area contributed by atoms with Crippen LogP contribution in [0.1, 0.15) is 5.56 Å². The summed E-state index contributed by atoms with van der Waals surface area (Å²) in [6.45, 7) is 2.86. The largest absolute Gasteiger partial charge is 0.378 e. The molecule has 146 valence electrons. The number of anilines is 3. The van der Waals surface area contributed by atoms with Crippen molar-refractivity contribution in [3.63, 3.8) is 0 Å². The average molecular weight is 386 g/mol. The van der Waals surface area contributed by atoms with Gasteiger partial charge in [0.05, 0.1) is 18.9 Å². The SMILES string of the molecule is FC(F)Cc1ccc(-c2cc(Nc3ccnc(N4CCOCC4)n3)n[nH]2)cc1. The Bertz CT molecular complexity index is 909. The summed E-state index contributed by atoms with van der Waals surface area (Å²) in [7, 11) is 0. The van der Waals surface area contributed by atoms with Crippen molar-refractivity contribution >= 4 is 17.6 Å². The van der Waals surface area contributed by atoms with E-state index in [1.165, 1.54) is 0 Å². The number of morpholine rings is 1. The van der Waals surface area contributed by atoms with Gasteiger partial charge >= 0.3 is 0 Å². The van der Waals surface area contributed by atoms with E-state index in [0.29, 0.717) is 36.4 Å². The standard InChI is InChI=1S/C19H20F2N6O/c20-16(21)11-13-1-3-14(4-2-13)15-12-18(26-25-15)23-17-5-6-22-19(24-17)27-7-9-28-10-8-27/h1-6,12,16H,7-11H2,(H2,22,23,24,25,26). The highest BCUT2D eigenvalue weighted by atomic mass is 19.3. The Balaban J connectivity index is 1.45. The molecule has 1 aliphatic heterocycles. The fraction of sp³-hybridized carbons (Fsp3) is 0.316. The number of aromatic amines is 1. The van der Waals surface area contributed by atoms with Gasteiger partial charge in [0.15, 0.2) is 5.82 Å². The van der Waals surface area contributed by atoms with Crippen molar-refractivity contribution in [3.8, 4) is 11.3 Å². The monoisotopic (exact) mass is 386 g/mol. The van der Waals surface area contributed by atoms with Crippen LogP contribution in [0.5, 0.6) is 0 Å². The molecule has 4 rings (SSSR count). The van der Waals surface area contributed by atoms with Gasteiger partial charge in [-0.2, -0.15) is 10.1 Å². The van der Waals surface area contributed by atoms with E-state index in [1.54, 1.807) is 36.5 Å². The number of aromatic nitrogens is 4. The van der Waals surface area contributed by atoms with Crippen molar-refractivity contribution in [1.29, 1.82) is 0 Å². The van der Waals surface area contributed by atoms with Crippen LogP contribution in [0.4, 0.5) is 26.4 Å². The smallest absolute Gasteiger partial charge is 0.242 e. The number of H-pyrrole nitrogens is 1. The number of alkyl halides is 2. The van der Waals surface area contributed by atoms with Crippen LogP contribution in [0.15, 0.2) is 42.6 Å². The number of rotatable bonds is 6. The van der Waals surface area contributed by atoms with Crippen LogP contribution >= 0.6 is 0 Å². The molecule has 1 fully saturated rings. The third kappa shape index (κ3) is 4.42.